The third kappa shape index (κ3) is 6.26. The van der Waals surface area contributed by atoms with E-state index in [0.29, 0.717) is 6.61 Å². The van der Waals surface area contributed by atoms with Gasteiger partial charge >= 0.3 is 0 Å². The molecule has 2 nitrogen and oxygen atoms in total. The van der Waals surface area contributed by atoms with E-state index in [1.165, 1.54) is 5.56 Å². The average Bonchev–Trinajstić information content (AvgIpc) is 2.72. The lowest BCUT2D eigenvalue weighted by Crippen LogP contribution is -2.12. The van der Waals surface area contributed by atoms with Gasteiger partial charge in [0.25, 0.3) is 0 Å². The molecular weight excluding hydrogens is 356 g/mol. The molecule has 3 heteroatoms. The van der Waals surface area contributed by atoms with Crippen LogP contribution < -0.4 is 4.74 Å². The lowest BCUT2D eigenvalue weighted by molar-refractivity contribution is 0.0924. The molecule has 0 radical (unpaired) electrons. The van der Waals surface area contributed by atoms with Gasteiger partial charge in [0.15, 0.2) is 5.78 Å². The van der Waals surface area contributed by atoms with E-state index in [4.69, 9.17) is 4.74 Å². The smallest absolute Gasteiger partial charge is 0.165 e. The summed E-state index contributed by atoms with van der Waals surface area (Å²) >= 11 is 0. The molecule has 0 bridgehead atoms. The van der Waals surface area contributed by atoms with Crippen LogP contribution in [0.2, 0.25) is 0 Å². The number of hydrogen-bond acceptors (Lipinski definition) is 2. The fourth-order valence-corrected chi connectivity index (χ4v) is 2.90. The number of hydrogen-bond donors (Lipinski definition) is 0. The topological polar surface area (TPSA) is 26.3 Å². The molecule has 0 aliphatic heterocycles. The third-order valence-corrected chi connectivity index (χ3v) is 4.54. The van der Waals surface area contributed by atoms with Gasteiger partial charge in [-0.05, 0) is 48.2 Å². The second kappa shape index (κ2) is 10.5. The van der Waals surface area contributed by atoms with Crippen LogP contribution in [-0.2, 0) is 13.0 Å². The van der Waals surface area contributed by atoms with Crippen LogP contribution in [-0.4, -0.2) is 5.78 Å². The molecule has 0 spiro atoms. The first kappa shape index (κ1) is 20.7. The molecular formula is C24H25ClO2. The zero-order valence-corrected chi connectivity index (χ0v) is 16.3. The summed E-state index contributed by atoms with van der Waals surface area (Å²) in [5, 5.41) is 0. The molecule has 0 aliphatic rings. The minimum Gasteiger partial charge on any atom is -0.489 e. The van der Waals surface area contributed by atoms with E-state index in [1.54, 1.807) is 0 Å². The lowest BCUT2D eigenvalue weighted by Gasteiger charge is -2.11. The van der Waals surface area contributed by atoms with E-state index in [2.05, 4.69) is 12.1 Å². The number of halogens is 1. The van der Waals surface area contributed by atoms with Crippen LogP contribution in [0.1, 0.15) is 34.8 Å². The van der Waals surface area contributed by atoms with Gasteiger partial charge in [0.1, 0.15) is 12.4 Å². The van der Waals surface area contributed by atoms with Gasteiger partial charge in [-0.15, -0.1) is 12.4 Å². The lowest BCUT2D eigenvalue weighted by atomic mass is 9.93. The van der Waals surface area contributed by atoms with Crippen LogP contribution in [0.3, 0.4) is 0 Å². The van der Waals surface area contributed by atoms with Gasteiger partial charge in [-0.2, -0.15) is 0 Å². The zero-order chi connectivity index (χ0) is 18.2. The van der Waals surface area contributed by atoms with Crippen molar-refractivity contribution in [2.45, 2.75) is 26.4 Å². The Morgan fingerprint density at radius 1 is 0.815 bits per heavy atom. The van der Waals surface area contributed by atoms with Crippen molar-refractivity contribution in [2.24, 2.45) is 5.92 Å². The summed E-state index contributed by atoms with van der Waals surface area (Å²) in [4.78, 5) is 12.6. The molecule has 0 aromatic heterocycles. The Bertz CT molecular complexity index is 814. The number of carbonyl (C=O) groups excluding carboxylic acids is 1. The SMILES string of the molecule is CC(CCc1ccccc1)C(=O)c1ccc(OCc2ccccc2)cc1.Cl. The molecule has 0 amide bonds. The van der Waals surface area contributed by atoms with Crippen LogP contribution >= 0.6 is 12.4 Å². The maximum Gasteiger partial charge on any atom is 0.165 e. The highest BCUT2D eigenvalue weighted by molar-refractivity contribution is 5.97. The number of rotatable bonds is 8. The van der Waals surface area contributed by atoms with Gasteiger partial charge in [-0.1, -0.05) is 67.6 Å². The Hall–Kier alpha value is -2.58. The Morgan fingerprint density at radius 3 is 1.96 bits per heavy atom. The van der Waals surface area contributed by atoms with Crippen molar-refractivity contribution in [1.29, 1.82) is 0 Å². The van der Waals surface area contributed by atoms with Crippen molar-refractivity contribution in [3.05, 3.63) is 102 Å². The largest absolute Gasteiger partial charge is 0.489 e. The maximum atomic E-state index is 12.6. The first-order chi connectivity index (χ1) is 12.7. The third-order valence-electron chi connectivity index (χ3n) is 4.54. The molecule has 140 valence electrons. The summed E-state index contributed by atoms with van der Waals surface area (Å²) in [7, 11) is 0. The van der Waals surface area contributed by atoms with E-state index in [1.807, 2.05) is 79.7 Å². The number of ketones is 1. The summed E-state index contributed by atoms with van der Waals surface area (Å²) in [6.07, 6.45) is 1.78. The summed E-state index contributed by atoms with van der Waals surface area (Å²) in [5.41, 5.74) is 3.15. The highest BCUT2D eigenvalue weighted by atomic mass is 35.5. The van der Waals surface area contributed by atoms with Crippen molar-refractivity contribution in [2.75, 3.05) is 0 Å². The summed E-state index contributed by atoms with van der Waals surface area (Å²) in [6, 6.07) is 27.8. The van der Waals surface area contributed by atoms with Gasteiger partial charge in [0.2, 0.25) is 0 Å². The first-order valence-corrected chi connectivity index (χ1v) is 9.07. The first-order valence-electron chi connectivity index (χ1n) is 9.07. The minimum absolute atomic E-state index is 0. The van der Waals surface area contributed by atoms with Crippen LogP contribution in [0.4, 0.5) is 0 Å². The van der Waals surface area contributed by atoms with E-state index < -0.39 is 0 Å². The fraction of sp³-hybridized carbons (Fsp3) is 0.208. The van der Waals surface area contributed by atoms with Gasteiger partial charge in [-0.3, -0.25) is 4.79 Å². The number of aryl methyl sites for hydroxylation is 1. The number of ether oxygens (including phenoxy) is 1. The molecule has 0 aliphatic carbocycles. The maximum absolute atomic E-state index is 12.6. The second-order valence-electron chi connectivity index (χ2n) is 6.59. The molecule has 0 N–H and O–H groups in total. The normalized spacial score (nSPS) is 11.3. The predicted molar refractivity (Wildman–Crippen MR) is 113 cm³/mol. The summed E-state index contributed by atoms with van der Waals surface area (Å²) in [6.45, 7) is 2.53. The molecule has 0 heterocycles. The Morgan fingerprint density at radius 2 is 1.37 bits per heavy atom. The molecule has 0 saturated heterocycles. The van der Waals surface area contributed by atoms with Crippen molar-refractivity contribution in [1.82, 2.24) is 0 Å². The summed E-state index contributed by atoms with van der Waals surface area (Å²) < 4.78 is 5.78. The molecule has 3 aromatic rings. The highest BCUT2D eigenvalue weighted by Gasteiger charge is 2.15. The molecule has 27 heavy (non-hydrogen) atoms. The monoisotopic (exact) mass is 380 g/mol. The second-order valence-corrected chi connectivity index (χ2v) is 6.59. The summed E-state index contributed by atoms with van der Waals surface area (Å²) in [5.74, 6) is 0.976. The molecule has 1 unspecified atom stereocenters. The van der Waals surface area contributed by atoms with Crippen molar-refractivity contribution in [3.63, 3.8) is 0 Å². The quantitative estimate of drug-likeness (QED) is 0.439. The molecule has 0 fully saturated rings. The van der Waals surface area contributed by atoms with E-state index in [0.717, 1.165) is 29.7 Å². The molecule has 3 aromatic carbocycles. The van der Waals surface area contributed by atoms with Gasteiger partial charge in [-0.25, -0.2) is 0 Å². The van der Waals surface area contributed by atoms with Crippen LogP contribution in [0, 0.1) is 5.92 Å². The van der Waals surface area contributed by atoms with Crippen LogP contribution in [0.15, 0.2) is 84.9 Å². The highest BCUT2D eigenvalue weighted by Crippen LogP contribution is 2.19. The van der Waals surface area contributed by atoms with E-state index >= 15 is 0 Å². The van der Waals surface area contributed by atoms with Crippen molar-refractivity contribution < 1.29 is 9.53 Å². The van der Waals surface area contributed by atoms with Crippen LogP contribution in [0.5, 0.6) is 5.75 Å². The minimum atomic E-state index is 0. The van der Waals surface area contributed by atoms with E-state index in [9.17, 15) is 4.79 Å². The number of Topliss-reactive ketones (excluding diaryl/α,β-unsaturated/α-hetero) is 1. The predicted octanol–water partition coefficient (Wildman–Crippen LogP) is 6.14. The van der Waals surface area contributed by atoms with Crippen molar-refractivity contribution in [3.8, 4) is 5.75 Å². The number of benzene rings is 3. The Labute approximate surface area is 167 Å². The van der Waals surface area contributed by atoms with Crippen LogP contribution in [0.25, 0.3) is 0 Å². The molecule has 0 saturated carbocycles. The fourth-order valence-electron chi connectivity index (χ4n) is 2.90. The van der Waals surface area contributed by atoms with Gasteiger partial charge in [0, 0.05) is 11.5 Å². The Kier molecular flexibility index (Phi) is 8.09. The van der Waals surface area contributed by atoms with Gasteiger partial charge < -0.3 is 4.74 Å². The average molecular weight is 381 g/mol. The number of carbonyl (C=O) groups is 1. The molecule has 1 atom stereocenters. The van der Waals surface area contributed by atoms with Gasteiger partial charge in [0.05, 0.1) is 0 Å². The van der Waals surface area contributed by atoms with E-state index in [-0.39, 0.29) is 24.1 Å². The zero-order valence-electron chi connectivity index (χ0n) is 15.5. The standard InChI is InChI=1S/C24H24O2.ClH/c1-19(12-13-20-8-4-2-5-9-20)24(25)22-14-16-23(17-15-22)26-18-21-10-6-3-7-11-21;/h2-11,14-17,19H,12-13,18H2,1H3;1H. The van der Waals surface area contributed by atoms with Crippen molar-refractivity contribution >= 4 is 18.2 Å². The molecule has 3 rings (SSSR count). The Balaban J connectivity index is 0.00000261.